The lowest BCUT2D eigenvalue weighted by atomic mass is 9.93. The standard InChI is InChI=1S/C19H18ClN5O/c1-19(2)16-8-13(20)3-4-15(16)18(26)25(19)14-7-12(9-21-11-14)10-22-17-5-6-23-24-17/h3-9,11H,10H2,1-2H3,(H2,22,23,24). The predicted octanol–water partition coefficient (Wildman–Crippen LogP) is 3.97. The SMILES string of the molecule is CC1(C)c2cc(Cl)ccc2C(=O)N1c1cncc(CNc2cc[nH]n2)c1. The van der Waals surface area contributed by atoms with E-state index in [0.717, 1.165) is 22.6 Å². The summed E-state index contributed by atoms with van der Waals surface area (Å²) in [6, 6.07) is 9.23. The van der Waals surface area contributed by atoms with E-state index < -0.39 is 5.54 Å². The number of rotatable bonds is 4. The fourth-order valence-electron chi connectivity index (χ4n) is 3.39. The van der Waals surface area contributed by atoms with Crippen LogP contribution in [0.25, 0.3) is 0 Å². The third kappa shape index (κ3) is 2.72. The van der Waals surface area contributed by atoms with Crippen LogP contribution in [0.2, 0.25) is 5.02 Å². The van der Waals surface area contributed by atoms with Gasteiger partial charge in [0.1, 0.15) is 5.82 Å². The molecule has 2 N–H and O–H groups in total. The first-order valence-electron chi connectivity index (χ1n) is 8.29. The van der Waals surface area contributed by atoms with E-state index >= 15 is 0 Å². The number of benzene rings is 1. The summed E-state index contributed by atoms with van der Waals surface area (Å²) >= 11 is 6.15. The summed E-state index contributed by atoms with van der Waals surface area (Å²) in [6.07, 6.45) is 5.25. The first-order chi connectivity index (χ1) is 12.5. The molecule has 7 heteroatoms. The highest BCUT2D eigenvalue weighted by Gasteiger charge is 2.44. The number of amides is 1. The van der Waals surface area contributed by atoms with Crippen LogP contribution in [0.1, 0.15) is 35.3 Å². The molecule has 0 bridgehead atoms. The van der Waals surface area contributed by atoms with E-state index in [1.54, 1.807) is 35.6 Å². The van der Waals surface area contributed by atoms with Crippen LogP contribution in [0.5, 0.6) is 0 Å². The van der Waals surface area contributed by atoms with Crippen LogP contribution in [0, 0.1) is 0 Å². The number of halogens is 1. The van der Waals surface area contributed by atoms with Gasteiger partial charge >= 0.3 is 0 Å². The molecule has 3 aromatic rings. The Hall–Kier alpha value is -2.86. The van der Waals surface area contributed by atoms with Crippen LogP contribution < -0.4 is 10.2 Å². The predicted molar refractivity (Wildman–Crippen MR) is 101 cm³/mol. The number of carbonyl (C=O) groups is 1. The molecule has 0 spiro atoms. The molecule has 1 amide bonds. The third-order valence-electron chi connectivity index (χ3n) is 4.65. The normalized spacial score (nSPS) is 15.2. The van der Waals surface area contributed by atoms with Gasteiger partial charge in [-0.2, -0.15) is 5.10 Å². The summed E-state index contributed by atoms with van der Waals surface area (Å²) in [5.74, 6) is 0.718. The molecule has 1 aliphatic heterocycles. The van der Waals surface area contributed by atoms with E-state index in [9.17, 15) is 4.79 Å². The molecule has 26 heavy (non-hydrogen) atoms. The highest BCUT2D eigenvalue weighted by atomic mass is 35.5. The Morgan fingerprint density at radius 1 is 1.23 bits per heavy atom. The Bertz CT molecular complexity index is 968. The average molecular weight is 368 g/mol. The number of aromatic amines is 1. The Morgan fingerprint density at radius 2 is 2.08 bits per heavy atom. The number of anilines is 2. The van der Waals surface area contributed by atoms with Crippen molar-refractivity contribution in [1.82, 2.24) is 15.2 Å². The molecule has 6 nitrogen and oxygen atoms in total. The Kier molecular flexibility index (Phi) is 3.92. The van der Waals surface area contributed by atoms with E-state index in [0.29, 0.717) is 17.1 Å². The maximum atomic E-state index is 13.0. The maximum absolute atomic E-state index is 13.0. The zero-order chi connectivity index (χ0) is 18.3. The van der Waals surface area contributed by atoms with Crippen LogP contribution in [-0.2, 0) is 12.1 Å². The van der Waals surface area contributed by atoms with Gasteiger partial charge in [0.05, 0.1) is 17.4 Å². The second-order valence-corrected chi connectivity index (χ2v) is 7.19. The molecule has 0 saturated carbocycles. The van der Waals surface area contributed by atoms with Crippen molar-refractivity contribution in [2.24, 2.45) is 0 Å². The van der Waals surface area contributed by atoms with Gasteiger partial charge in [0.15, 0.2) is 0 Å². The number of aromatic nitrogens is 3. The van der Waals surface area contributed by atoms with Gasteiger partial charge in [-0.3, -0.25) is 19.8 Å². The highest BCUT2D eigenvalue weighted by Crippen LogP contribution is 2.42. The highest BCUT2D eigenvalue weighted by molar-refractivity contribution is 6.31. The zero-order valence-electron chi connectivity index (χ0n) is 14.5. The van der Waals surface area contributed by atoms with Crippen molar-refractivity contribution >= 4 is 29.0 Å². The average Bonchev–Trinajstić information content (AvgIpc) is 3.19. The number of fused-ring (bicyclic) bond motifs is 1. The minimum atomic E-state index is -0.507. The molecule has 0 saturated heterocycles. The van der Waals surface area contributed by atoms with Crippen molar-refractivity contribution in [3.8, 4) is 0 Å². The monoisotopic (exact) mass is 367 g/mol. The van der Waals surface area contributed by atoms with Gasteiger partial charge in [0.25, 0.3) is 5.91 Å². The Balaban J connectivity index is 1.65. The molecule has 132 valence electrons. The number of nitrogens with one attached hydrogen (secondary N) is 2. The van der Waals surface area contributed by atoms with Crippen LogP contribution in [-0.4, -0.2) is 21.1 Å². The van der Waals surface area contributed by atoms with Gasteiger partial charge in [-0.15, -0.1) is 0 Å². The maximum Gasteiger partial charge on any atom is 0.259 e. The lowest BCUT2D eigenvalue weighted by molar-refractivity contribution is 0.0982. The molecule has 3 heterocycles. The molecule has 0 unspecified atom stereocenters. The van der Waals surface area contributed by atoms with E-state index in [1.807, 2.05) is 32.0 Å². The van der Waals surface area contributed by atoms with Gasteiger partial charge < -0.3 is 5.32 Å². The van der Waals surface area contributed by atoms with Gasteiger partial charge in [0.2, 0.25) is 0 Å². The number of H-pyrrole nitrogens is 1. The fraction of sp³-hybridized carbons (Fsp3) is 0.211. The summed E-state index contributed by atoms with van der Waals surface area (Å²) in [4.78, 5) is 19.1. The minimum Gasteiger partial charge on any atom is -0.364 e. The molecule has 1 aromatic carbocycles. The summed E-state index contributed by atoms with van der Waals surface area (Å²) in [7, 11) is 0. The molecular formula is C19H18ClN5O. The number of pyridine rings is 1. The Labute approximate surface area is 156 Å². The lowest BCUT2D eigenvalue weighted by Crippen LogP contribution is -2.39. The van der Waals surface area contributed by atoms with Crippen molar-refractivity contribution in [2.45, 2.75) is 25.9 Å². The number of hydrogen-bond acceptors (Lipinski definition) is 4. The largest absolute Gasteiger partial charge is 0.364 e. The van der Waals surface area contributed by atoms with Gasteiger partial charge in [-0.25, -0.2) is 0 Å². The topological polar surface area (TPSA) is 73.9 Å². The van der Waals surface area contributed by atoms with Crippen molar-refractivity contribution in [3.63, 3.8) is 0 Å². The summed E-state index contributed by atoms with van der Waals surface area (Å²) < 4.78 is 0. The van der Waals surface area contributed by atoms with Gasteiger partial charge in [-0.05, 0) is 55.3 Å². The molecule has 0 fully saturated rings. The van der Waals surface area contributed by atoms with Crippen molar-refractivity contribution in [1.29, 1.82) is 0 Å². The van der Waals surface area contributed by atoms with Crippen molar-refractivity contribution in [2.75, 3.05) is 10.2 Å². The summed E-state index contributed by atoms with van der Waals surface area (Å²) in [5, 5.41) is 10.7. The minimum absolute atomic E-state index is 0.0409. The van der Waals surface area contributed by atoms with E-state index in [2.05, 4.69) is 20.5 Å². The zero-order valence-corrected chi connectivity index (χ0v) is 15.2. The number of nitrogens with zero attached hydrogens (tertiary/aromatic N) is 3. The quantitative estimate of drug-likeness (QED) is 0.731. The number of carbonyl (C=O) groups excluding carboxylic acids is 1. The summed E-state index contributed by atoms with van der Waals surface area (Å²) in [5.41, 5.74) is 2.82. The summed E-state index contributed by atoms with van der Waals surface area (Å²) in [6.45, 7) is 4.59. The first kappa shape index (κ1) is 16.6. The van der Waals surface area contributed by atoms with Gasteiger partial charge in [0, 0.05) is 29.5 Å². The van der Waals surface area contributed by atoms with E-state index in [4.69, 9.17) is 11.6 Å². The van der Waals surface area contributed by atoms with Crippen LogP contribution in [0.3, 0.4) is 0 Å². The third-order valence-corrected chi connectivity index (χ3v) is 4.88. The molecule has 2 aromatic heterocycles. The molecule has 0 atom stereocenters. The Morgan fingerprint density at radius 3 is 2.85 bits per heavy atom. The molecule has 1 aliphatic rings. The lowest BCUT2D eigenvalue weighted by Gasteiger charge is -2.32. The molecular weight excluding hydrogens is 350 g/mol. The smallest absolute Gasteiger partial charge is 0.259 e. The van der Waals surface area contributed by atoms with Crippen LogP contribution in [0.4, 0.5) is 11.5 Å². The molecule has 0 aliphatic carbocycles. The van der Waals surface area contributed by atoms with Crippen molar-refractivity contribution in [3.05, 3.63) is 70.6 Å². The van der Waals surface area contributed by atoms with Crippen LogP contribution in [0.15, 0.2) is 48.9 Å². The molecule has 0 radical (unpaired) electrons. The molecule has 4 rings (SSSR count). The van der Waals surface area contributed by atoms with E-state index in [1.165, 1.54) is 0 Å². The van der Waals surface area contributed by atoms with E-state index in [-0.39, 0.29) is 5.91 Å². The first-order valence-corrected chi connectivity index (χ1v) is 8.67. The number of hydrogen-bond donors (Lipinski definition) is 2. The van der Waals surface area contributed by atoms with Gasteiger partial charge in [-0.1, -0.05) is 11.6 Å². The van der Waals surface area contributed by atoms with Crippen LogP contribution >= 0.6 is 11.6 Å². The second-order valence-electron chi connectivity index (χ2n) is 6.75. The fourth-order valence-corrected chi connectivity index (χ4v) is 3.56. The second kappa shape index (κ2) is 6.14. The van der Waals surface area contributed by atoms with Crippen molar-refractivity contribution < 1.29 is 4.79 Å².